The molecule has 2 amide bonds. The lowest BCUT2D eigenvalue weighted by atomic mass is 10.2. The van der Waals surface area contributed by atoms with E-state index < -0.39 is 5.25 Å². The lowest BCUT2D eigenvalue weighted by Gasteiger charge is -2.18. The number of nitrogens with zero attached hydrogens (tertiary/aromatic N) is 1. The van der Waals surface area contributed by atoms with Crippen LogP contribution in [0.5, 0.6) is 11.5 Å². The first-order chi connectivity index (χ1) is 13.6. The van der Waals surface area contributed by atoms with Crippen LogP contribution in [0.4, 0.5) is 11.4 Å². The van der Waals surface area contributed by atoms with Crippen LogP contribution < -0.4 is 20.1 Å². The third-order valence-electron chi connectivity index (χ3n) is 4.05. The number of para-hydroxylation sites is 1. The molecule has 1 fully saturated rings. The molecule has 28 heavy (non-hydrogen) atoms. The summed E-state index contributed by atoms with van der Waals surface area (Å²) in [7, 11) is 0. The molecule has 2 aromatic carbocycles. The Morgan fingerprint density at radius 1 is 1.21 bits per heavy atom. The highest BCUT2D eigenvalue weighted by molar-refractivity contribution is 9.10. The van der Waals surface area contributed by atoms with Crippen LogP contribution in [0.1, 0.15) is 6.42 Å². The second kappa shape index (κ2) is 8.24. The van der Waals surface area contributed by atoms with Crippen LogP contribution in [0.2, 0.25) is 0 Å². The molecule has 9 heteroatoms. The van der Waals surface area contributed by atoms with Crippen molar-refractivity contribution in [2.45, 2.75) is 11.7 Å². The number of anilines is 1. The van der Waals surface area contributed by atoms with Gasteiger partial charge in [-0.2, -0.15) is 0 Å². The first kappa shape index (κ1) is 18.8. The van der Waals surface area contributed by atoms with Crippen molar-refractivity contribution in [3.63, 3.8) is 0 Å². The molecule has 0 bridgehead atoms. The van der Waals surface area contributed by atoms with E-state index in [4.69, 9.17) is 9.47 Å². The van der Waals surface area contributed by atoms with E-state index in [1.807, 2.05) is 18.2 Å². The van der Waals surface area contributed by atoms with Gasteiger partial charge in [-0.3, -0.25) is 9.59 Å². The van der Waals surface area contributed by atoms with Crippen molar-refractivity contribution in [2.75, 3.05) is 18.5 Å². The molecule has 2 aliphatic rings. The molecule has 4 rings (SSSR count). The van der Waals surface area contributed by atoms with Crippen LogP contribution in [0.15, 0.2) is 51.9 Å². The Morgan fingerprint density at radius 3 is 2.82 bits per heavy atom. The van der Waals surface area contributed by atoms with E-state index in [0.29, 0.717) is 41.3 Å². The summed E-state index contributed by atoms with van der Waals surface area (Å²) in [4.78, 5) is 29.0. The van der Waals surface area contributed by atoms with Gasteiger partial charge in [0.25, 0.3) is 0 Å². The molecule has 1 unspecified atom stereocenters. The summed E-state index contributed by atoms with van der Waals surface area (Å²) in [5, 5.41) is 5.46. The van der Waals surface area contributed by atoms with Crippen LogP contribution >= 0.6 is 27.7 Å². The van der Waals surface area contributed by atoms with Crippen molar-refractivity contribution in [1.82, 2.24) is 5.32 Å². The van der Waals surface area contributed by atoms with Gasteiger partial charge in [-0.05, 0) is 40.2 Å². The van der Waals surface area contributed by atoms with Crippen LogP contribution in [-0.2, 0) is 9.59 Å². The second-order valence-corrected chi connectivity index (χ2v) is 8.12. The molecule has 2 aromatic rings. The van der Waals surface area contributed by atoms with E-state index in [-0.39, 0.29) is 18.2 Å². The fraction of sp³-hybridized carbons (Fsp3) is 0.211. The molecule has 0 radical (unpaired) electrons. The number of thioether (sulfide) groups is 1. The first-order valence-electron chi connectivity index (χ1n) is 8.59. The van der Waals surface area contributed by atoms with Crippen LogP contribution in [0, 0.1) is 0 Å². The minimum absolute atomic E-state index is 0.0536. The van der Waals surface area contributed by atoms with E-state index in [1.54, 1.807) is 24.3 Å². The summed E-state index contributed by atoms with van der Waals surface area (Å²) in [5.74, 6) is 0.843. The maximum absolute atomic E-state index is 12.3. The Morgan fingerprint density at radius 2 is 2.00 bits per heavy atom. The summed E-state index contributed by atoms with van der Waals surface area (Å²) >= 11 is 4.62. The number of halogens is 1. The van der Waals surface area contributed by atoms with E-state index >= 15 is 0 Å². The minimum Gasteiger partial charge on any atom is -0.486 e. The minimum atomic E-state index is -0.529. The number of fused-ring (bicyclic) bond motifs is 1. The molecular weight excluding hydrogens is 446 g/mol. The number of hydrogen-bond donors (Lipinski definition) is 2. The molecular formula is C19H16BrN3O4S. The highest BCUT2D eigenvalue weighted by Gasteiger charge is 2.32. The maximum atomic E-state index is 12.3. The van der Waals surface area contributed by atoms with Gasteiger partial charge in [0, 0.05) is 17.0 Å². The molecule has 2 heterocycles. The number of hydrogen-bond acceptors (Lipinski definition) is 6. The third-order valence-corrected chi connectivity index (χ3v) is 5.82. The average Bonchev–Trinajstić information content (AvgIpc) is 3.02. The van der Waals surface area contributed by atoms with E-state index in [2.05, 4.69) is 31.6 Å². The normalized spacial score (nSPS) is 19.4. The molecule has 0 aromatic heterocycles. The van der Waals surface area contributed by atoms with Gasteiger partial charge in [0.1, 0.15) is 18.5 Å². The molecule has 144 valence electrons. The van der Waals surface area contributed by atoms with Crippen molar-refractivity contribution >= 4 is 56.0 Å². The first-order valence-corrected chi connectivity index (χ1v) is 10.3. The van der Waals surface area contributed by atoms with Crippen molar-refractivity contribution in [2.24, 2.45) is 4.99 Å². The zero-order chi connectivity index (χ0) is 19.5. The number of carbonyl (C=O) groups excluding carboxylic acids is 2. The molecule has 2 aliphatic heterocycles. The molecule has 2 N–H and O–H groups in total. The van der Waals surface area contributed by atoms with Gasteiger partial charge in [0.15, 0.2) is 16.7 Å². The predicted octanol–water partition coefficient (Wildman–Crippen LogP) is 3.47. The third kappa shape index (κ3) is 4.31. The Labute approximate surface area is 174 Å². The van der Waals surface area contributed by atoms with E-state index in [1.165, 1.54) is 11.8 Å². The van der Waals surface area contributed by atoms with Crippen molar-refractivity contribution < 1.29 is 19.1 Å². The monoisotopic (exact) mass is 461 g/mol. The SMILES string of the molecule is O=C(CC1SC(=Nc2ccc3c(c2)OCCO3)NC1=O)Nc1ccccc1Br. The molecule has 7 nitrogen and oxygen atoms in total. The number of amides is 2. The number of benzene rings is 2. The van der Waals surface area contributed by atoms with E-state index in [9.17, 15) is 9.59 Å². The van der Waals surface area contributed by atoms with Gasteiger partial charge in [-0.1, -0.05) is 23.9 Å². The summed E-state index contributed by atoms with van der Waals surface area (Å²) in [6, 6.07) is 12.7. The quantitative estimate of drug-likeness (QED) is 0.727. The zero-order valence-corrected chi connectivity index (χ0v) is 17.0. The van der Waals surface area contributed by atoms with Gasteiger partial charge in [-0.25, -0.2) is 4.99 Å². The summed E-state index contributed by atoms with van der Waals surface area (Å²) < 4.78 is 11.8. The largest absolute Gasteiger partial charge is 0.486 e. The average molecular weight is 462 g/mol. The van der Waals surface area contributed by atoms with Gasteiger partial charge in [-0.15, -0.1) is 0 Å². The summed E-state index contributed by atoms with van der Waals surface area (Å²) in [6.07, 6.45) is 0.0536. The van der Waals surface area contributed by atoms with Gasteiger partial charge in [0.2, 0.25) is 11.8 Å². The Bertz CT molecular complexity index is 966. The van der Waals surface area contributed by atoms with Gasteiger partial charge < -0.3 is 20.1 Å². The lowest BCUT2D eigenvalue weighted by Crippen LogP contribution is -2.28. The van der Waals surface area contributed by atoms with Crippen LogP contribution in [-0.4, -0.2) is 35.4 Å². The van der Waals surface area contributed by atoms with Crippen molar-refractivity contribution in [3.8, 4) is 11.5 Å². The van der Waals surface area contributed by atoms with Crippen molar-refractivity contribution in [1.29, 1.82) is 0 Å². The molecule has 1 saturated heterocycles. The highest BCUT2D eigenvalue weighted by atomic mass is 79.9. The second-order valence-electron chi connectivity index (χ2n) is 6.07. The standard InChI is InChI=1S/C19H16BrN3O4S/c20-12-3-1-2-4-13(12)22-17(24)10-16-18(25)23-19(28-16)21-11-5-6-14-15(9-11)27-8-7-26-14/h1-6,9,16H,7-8,10H2,(H,22,24)(H,21,23,25). The molecule has 0 spiro atoms. The number of ether oxygens (including phenoxy) is 2. The fourth-order valence-electron chi connectivity index (χ4n) is 2.74. The summed E-state index contributed by atoms with van der Waals surface area (Å²) in [5.41, 5.74) is 1.31. The van der Waals surface area contributed by atoms with Gasteiger partial charge >= 0.3 is 0 Å². The predicted molar refractivity (Wildman–Crippen MR) is 111 cm³/mol. The number of amidine groups is 1. The van der Waals surface area contributed by atoms with Crippen LogP contribution in [0.3, 0.4) is 0 Å². The number of rotatable bonds is 4. The Balaban J connectivity index is 1.40. The highest BCUT2D eigenvalue weighted by Crippen LogP contribution is 2.35. The smallest absolute Gasteiger partial charge is 0.240 e. The number of aliphatic imine (C=N–C) groups is 1. The van der Waals surface area contributed by atoms with Crippen LogP contribution in [0.25, 0.3) is 0 Å². The molecule has 0 saturated carbocycles. The lowest BCUT2D eigenvalue weighted by molar-refractivity contribution is -0.122. The number of nitrogens with one attached hydrogen (secondary N) is 2. The van der Waals surface area contributed by atoms with E-state index in [0.717, 1.165) is 4.47 Å². The Hall–Kier alpha value is -2.52. The topological polar surface area (TPSA) is 89.0 Å². The maximum Gasteiger partial charge on any atom is 0.240 e. The van der Waals surface area contributed by atoms with Crippen molar-refractivity contribution in [3.05, 3.63) is 46.9 Å². The molecule has 0 aliphatic carbocycles. The summed E-state index contributed by atoms with van der Waals surface area (Å²) in [6.45, 7) is 1.02. The molecule has 1 atom stereocenters. The number of carbonyl (C=O) groups is 2. The fourth-order valence-corrected chi connectivity index (χ4v) is 4.12. The Kier molecular flexibility index (Phi) is 5.54. The van der Waals surface area contributed by atoms with Gasteiger partial charge in [0.05, 0.1) is 11.4 Å². The zero-order valence-electron chi connectivity index (χ0n) is 14.6.